The topological polar surface area (TPSA) is 84.4 Å². The molecular weight excluding hydrogens is 280 g/mol. The van der Waals surface area contributed by atoms with E-state index in [1.54, 1.807) is 6.20 Å². The maximum absolute atomic E-state index is 12.0. The third-order valence-electron chi connectivity index (χ3n) is 3.17. The van der Waals surface area contributed by atoms with E-state index < -0.39 is 0 Å². The lowest BCUT2D eigenvalue weighted by molar-refractivity contribution is 0.266. The largest absolute Gasteiger partial charge is 0.394 e. The van der Waals surface area contributed by atoms with Crippen molar-refractivity contribution in [3.05, 3.63) is 21.6 Å². The fourth-order valence-electron chi connectivity index (χ4n) is 1.88. The Bertz CT molecular complexity index is 502. The van der Waals surface area contributed by atoms with Gasteiger partial charge in [0, 0.05) is 13.1 Å². The molecule has 0 aliphatic rings. The molecule has 0 amide bonds. The first kappa shape index (κ1) is 16.9. The zero-order valence-corrected chi connectivity index (χ0v) is 13.0. The number of anilines is 1. The lowest BCUT2D eigenvalue weighted by Crippen LogP contribution is -2.40. The van der Waals surface area contributed by atoms with Crippen LogP contribution in [0.25, 0.3) is 0 Å². The average Bonchev–Trinajstić information content (AvgIpc) is 2.42. The summed E-state index contributed by atoms with van der Waals surface area (Å²) in [6.07, 6.45) is 1.56. The lowest BCUT2D eigenvalue weighted by Gasteiger charge is -2.32. The number of nitrogens with two attached hydrogens (primary N) is 1. The van der Waals surface area contributed by atoms with Gasteiger partial charge in [0.15, 0.2) is 0 Å². The van der Waals surface area contributed by atoms with Gasteiger partial charge < -0.3 is 15.7 Å². The molecule has 6 nitrogen and oxygen atoms in total. The Morgan fingerprint density at radius 1 is 1.55 bits per heavy atom. The van der Waals surface area contributed by atoms with Crippen molar-refractivity contribution < 1.29 is 5.11 Å². The number of aromatic nitrogens is 2. The van der Waals surface area contributed by atoms with Crippen molar-refractivity contribution in [2.45, 2.75) is 27.3 Å². The number of hydrogen-bond acceptors (Lipinski definition) is 5. The summed E-state index contributed by atoms with van der Waals surface area (Å²) in [5, 5.41) is 13.0. The third-order valence-corrected chi connectivity index (χ3v) is 3.53. The molecule has 0 spiro atoms. The highest BCUT2D eigenvalue weighted by Gasteiger charge is 2.22. The second-order valence-electron chi connectivity index (χ2n) is 5.48. The van der Waals surface area contributed by atoms with Crippen molar-refractivity contribution in [3.8, 4) is 0 Å². The zero-order chi connectivity index (χ0) is 15.3. The van der Waals surface area contributed by atoms with Gasteiger partial charge in [-0.3, -0.25) is 4.79 Å². The summed E-state index contributed by atoms with van der Waals surface area (Å²) in [7, 11) is 0. The van der Waals surface area contributed by atoms with E-state index in [1.165, 1.54) is 0 Å². The highest BCUT2D eigenvalue weighted by molar-refractivity contribution is 6.33. The van der Waals surface area contributed by atoms with Crippen LogP contribution in [0.4, 0.5) is 5.69 Å². The first-order valence-corrected chi connectivity index (χ1v) is 7.05. The van der Waals surface area contributed by atoms with Crippen LogP contribution in [0, 0.1) is 5.41 Å². The van der Waals surface area contributed by atoms with Crippen LogP contribution in [0.3, 0.4) is 0 Å². The Balaban J connectivity index is 3.11. The molecule has 7 heteroatoms. The Labute approximate surface area is 124 Å². The molecule has 0 atom stereocenters. The zero-order valence-electron chi connectivity index (χ0n) is 12.3. The van der Waals surface area contributed by atoms with E-state index in [0.29, 0.717) is 25.3 Å². The molecule has 0 radical (unpaired) electrons. The molecule has 114 valence electrons. The van der Waals surface area contributed by atoms with Gasteiger partial charge >= 0.3 is 0 Å². The number of rotatable bonds is 7. The summed E-state index contributed by atoms with van der Waals surface area (Å²) in [6.45, 7) is 8.02. The summed E-state index contributed by atoms with van der Waals surface area (Å²) in [5.41, 5.74) is 5.89. The highest BCUT2D eigenvalue weighted by atomic mass is 35.5. The fourth-order valence-corrected chi connectivity index (χ4v) is 2.15. The van der Waals surface area contributed by atoms with Crippen LogP contribution in [0.2, 0.25) is 5.02 Å². The molecule has 0 fully saturated rings. The van der Waals surface area contributed by atoms with Gasteiger partial charge in [0.1, 0.15) is 5.02 Å². The van der Waals surface area contributed by atoms with E-state index in [1.807, 2.05) is 11.8 Å². The van der Waals surface area contributed by atoms with Gasteiger partial charge in [-0.15, -0.1) is 0 Å². The summed E-state index contributed by atoms with van der Waals surface area (Å²) in [5.74, 6) is 0. The van der Waals surface area contributed by atoms with Crippen LogP contribution in [-0.4, -0.2) is 41.1 Å². The first-order valence-electron chi connectivity index (χ1n) is 6.67. The molecule has 0 saturated carbocycles. The van der Waals surface area contributed by atoms with Crippen LogP contribution >= 0.6 is 11.6 Å². The Kier molecular flexibility index (Phi) is 5.98. The minimum absolute atomic E-state index is 0.0840. The number of halogens is 1. The van der Waals surface area contributed by atoms with Crippen LogP contribution < -0.4 is 16.2 Å². The average molecular weight is 303 g/mol. The smallest absolute Gasteiger partial charge is 0.287 e. The van der Waals surface area contributed by atoms with E-state index in [-0.39, 0.29) is 29.1 Å². The van der Waals surface area contributed by atoms with E-state index in [0.717, 1.165) is 4.68 Å². The van der Waals surface area contributed by atoms with E-state index >= 15 is 0 Å². The van der Waals surface area contributed by atoms with Crippen LogP contribution in [-0.2, 0) is 6.54 Å². The lowest BCUT2D eigenvalue weighted by atomic mass is 9.93. The predicted octanol–water partition coefficient (Wildman–Crippen LogP) is 0.700. The molecule has 0 saturated heterocycles. The Morgan fingerprint density at radius 3 is 2.70 bits per heavy atom. The van der Waals surface area contributed by atoms with E-state index in [2.05, 4.69) is 18.9 Å². The van der Waals surface area contributed by atoms with Gasteiger partial charge in [-0.25, -0.2) is 4.68 Å². The number of nitrogens with zero attached hydrogens (tertiary/aromatic N) is 3. The maximum atomic E-state index is 12.0. The van der Waals surface area contributed by atoms with Gasteiger partial charge in [0.05, 0.1) is 25.0 Å². The van der Waals surface area contributed by atoms with Gasteiger partial charge in [0.2, 0.25) is 0 Å². The molecule has 0 unspecified atom stereocenters. The van der Waals surface area contributed by atoms with E-state index in [9.17, 15) is 4.79 Å². The molecule has 1 aromatic heterocycles. The van der Waals surface area contributed by atoms with Gasteiger partial charge in [-0.2, -0.15) is 5.10 Å². The number of aliphatic hydroxyl groups is 1. The molecule has 1 rings (SSSR count). The third kappa shape index (κ3) is 3.94. The summed E-state index contributed by atoms with van der Waals surface area (Å²) in [6, 6.07) is 0. The molecule has 0 bridgehead atoms. The number of aliphatic hydroxyl groups excluding tert-OH is 1. The van der Waals surface area contributed by atoms with Crippen molar-refractivity contribution in [2.75, 3.05) is 31.1 Å². The second-order valence-corrected chi connectivity index (χ2v) is 5.86. The Morgan fingerprint density at radius 2 is 2.20 bits per heavy atom. The summed E-state index contributed by atoms with van der Waals surface area (Å²) in [4.78, 5) is 14.0. The van der Waals surface area contributed by atoms with Crippen molar-refractivity contribution in [2.24, 2.45) is 11.1 Å². The minimum atomic E-state index is -0.387. The maximum Gasteiger partial charge on any atom is 0.287 e. The SMILES string of the molecule is CCN(CC(C)(C)CN)c1cnn(CCO)c(=O)c1Cl. The van der Waals surface area contributed by atoms with Gasteiger partial charge in [-0.1, -0.05) is 25.4 Å². The van der Waals surface area contributed by atoms with Crippen molar-refractivity contribution in [1.82, 2.24) is 9.78 Å². The van der Waals surface area contributed by atoms with Gasteiger partial charge in [0.25, 0.3) is 5.56 Å². The molecule has 0 aromatic carbocycles. The summed E-state index contributed by atoms with van der Waals surface area (Å²) < 4.78 is 1.16. The standard InChI is InChI=1S/C13H23ClN4O2/c1-4-17(9-13(2,3)8-15)10-7-16-18(5-6-19)12(20)11(10)14/h7,19H,4-6,8-9,15H2,1-3H3. The Hall–Kier alpha value is -1.11. The molecule has 1 heterocycles. The predicted molar refractivity (Wildman–Crippen MR) is 81.3 cm³/mol. The normalized spacial score (nSPS) is 11.7. The monoisotopic (exact) mass is 302 g/mol. The molecule has 3 N–H and O–H groups in total. The minimum Gasteiger partial charge on any atom is -0.394 e. The van der Waals surface area contributed by atoms with Crippen molar-refractivity contribution >= 4 is 17.3 Å². The molecule has 0 aliphatic heterocycles. The van der Waals surface area contributed by atoms with Gasteiger partial charge in [-0.05, 0) is 18.9 Å². The first-order chi connectivity index (χ1) is 9.36. The van der Waals surface area contributed by atoms with Crippen molar-refractivity contribution in [3.63, 3.8) is 0 Å². The van der Waals surface area contributed by atoms with E-state index in [4.69, 9.17) is 22.4 Å². The van der Waals surface area contributed by atoms with Crippen LogP contribution in [0.15, 0.2) is 11.0 Å². The van der Waals surface area contributed by atoms with Crippen LogP contribution in [0.1, 0.15) is 20.8 Å². The molecule has 1 aromatic rings. The molecular formula is C13H23ClN4O2. The quantitative estimate of drug-likeness (QED) is 0.774. The fraction of sp³-hybridized carbons (Fsp3) is 0.692. The second kappa shape index (κ2) is 7.06. The van der Waals surface area contributed by atoms with Crippen molar-refractivity contribution in [1.29, 1.82) is 0 Å². The summed E-state index contributed by atoms with van der Waals surface area (Å²) >= 11 is 6.15. The van der Waals surface area contributed by atoms with Crippen LogP contribution in [0.5, 0.6) is 0 Å². The molecule has 20 heavy (non-hydrogen) atoms. The highest BCUT2D eigenvalue weighted by Crippen LogP contribution is 2.25. The number of hydrogen-bond donors (Lipinski definition) is 2. The molecule has 0 aliphatic carbocycles.